The number of rotatable bonds is 1. The van der Waals surface area contributed by atoms with Crippen molar-refractivity contribution in [2.45, 2.75) is 38.8 Å². The molecule has 2 N–H and O–H groups in total. The smallest absolute Gasteiger partial charge is 0.335 e. The summed E-state index contributed by atoms with van der Waals surface area (Å²) in [5.41, 5.74) is 1.40. The monoisotopic (exact) mass is 285 g/mol. The average molecular weight is 285 g/mol. The topological polar surface area (TPSA) is 60.8 Å². The van der Waals surface area contributed by atoms with E-state index < -0.39 is 17.0 Å². The van der Waals surface area contributed by atoms with E-state index in [0.717, 1.165) is 21.9 Å². The third kappa shape index (κ3) is 1.79. The van der Waals surface area contributed by atoms with Crippen LogP contribution in [-0.4, -0.2) is 21.3 Å². The van der Waals surface area contributed by atoms with Gasteiger partial charge in [0, 0.05) is 0 Å². The summed E-state index contributed by atoms with van der Waals surface area (Å²) in [5, 5.41) is 22.9. The number of carbonyl (C=O) groups is 1. The van der Waals surface area contributed by atoms with Crippen molar-refractivity contribution in [3.05, 3.63) is 47.0 Å². The molecule has 0 amide bonds. The van der Waals surface area contributed by atoms with Gasteiger partial charge in [-0.25, -0.2) is 4.79 Å². The van der Waals surface area contributed by atoms with Gasteiger partial charge in [0.15, 0.2) is 0 Å². The summed E-state index contributed by atoms with van der Waals surface area (Å²) in [4.78, 5) is 11.1. The van der Waals surface area contributed by atoms with Gasteiger partial charge in [0.1, 0.15) is 0 Å². The molecule has 4 nitrogen and oxygen atoms in total. The molecule has 110 valence electrons. The van der Waals surface area contributed by atoms with Crippen LogP contribution in [0, 0.1) is 0 Å². The van der Waals surface area contributed by atoms with Crippen LogP contribution in [-0.2, 0) is 11.1 Å². The molecule has 0 radical (unpaired) electrons. The average Bonchev–Trinajstić information content (AvgIpc) is 2.55. The molecule has 0 aromatic heterocycles. The van der Waals surface area contributed by atoms with Crippen molar-refractivity contribution in [1.82, 2.24) is 5.06 Å². The maximum atomic E-state index is 11.1. The minimum atomic E-state index is -0.930. The van der Waals surface area contributed by atoms with Crippen LogP contribution in [0.25, 0.3) is 10.8 Å². The normalized spacial score (nSPS) is 19.7. The molecule has 0 saturated carbocycles. The van der Waals surface area contributed by atoms with Crippen molar-refractivity contribution in [2.24, 2.45) is 0 Å². The van der Waals surface area contributed by atoms with Crippen LogP contribution in [0.1, 0.15) is 49.2 Å². The van der Waals surface area contributed by atoms with Crippen molar-refractivity contribution in [1.29, 1.82) is 0 Å². The van der Waals surface area contributed by atoms with Crippen LogP contribution in [0.15, 0.2) is 30.3 Å². The van der Waals surface area contributed by atoms with E-state index in [1.54, 1.807) is 12.1 Å². The van der Waals surface area contributed by atoms with Gasteiger partial charge in [-0.2, -0.15) is 5.06 Å². The van der Waals surface area contributed by atoms with E-state index in [-0.39, 0.29) is 5.56 Å². The first-order valence-electron chi connectivity index (χ1n) is 6.97. The molecule has 0 fully saturated rings. The summed E-state index contributed by atoms with van der Waals surface area (Å²) < 4.78 is 0. The van der Waals surface area contributed by atoms with E-state index in [4.69, 9.17) is 5.11 Å². The number of hydrogen-bond donors (Lipinski definition) is 2. The van der Waals surface area contributed by atoms with Gasteiger partial charge in [-0.3, -0.25) is 0 Å². The summed E-state index contributed by atoms with van der Waals surface area (Å²) >= 11 is 0. The highest BCUT2D eigenvalue weighted by molar-refractivity contribution is 5.95. The van der Waals surface area contributed by atoms with E-state index in [2.05, 4.69) is 0 Å². The Balaban J connectivity index is 2.32. The van der Waals surface area contributed by atoms with Gasteiger partial charge in [0.25, 0.3) is 0 Å². The van der Waals surface area contributed by atoms with Crippen LogP contribution in [0.4, 0.5) is 0 Å². The summed E-state index contributed by atoms with van der Waals surface area (Å²) in [6.45, 7) is 7.90. The fourth-order valence-electron chi connectivity index (χ4n) is 3.37. The lowest BCUT2D eigenvalue weighted by Crippen LogP contribution is -2.42. The van der Waals surface area contributed by atoms with Crippen molar-refractivity contribution >= 4 is 16.7 Å². The van der Waals surface area contributed by atoms with E-state index in [0.29, 0.717) is 0 Å². The molecule has 4 heteroatoms. The third-order valence-corrected chi connectivity index (χ3v) is 4.60. The highest BCUT2D eigenvalue weighted by Crippen LogP contribution is 2.49. The zero-order valence-electron chi connectivity index (χ0n) is 12.6. The highest BCUT2D eigenvalue weighted by Gasteiger charge is 2.48. The summed E-state index contributed by atoms with van der Waals surface area (Å²) in [6, 6.07) is 9.16. The second-order valence-corrected chi connectivity index (χ2v) is 6.69. The predicted octanol–water partition coefficient (Wildman–Crippen LogP) is 3.71. The first kappa shape index (κ1) is 14.0. The van der Waals surface area contributed by atoms with Gasteiger partial charge < -0.3 is 10.3 Å². The van der Waals surface area contributed by atoms with Crippen molar-refractivity contribution in [2.75, 3.05) is 0 Å². The molecule has 0 spiro atoms. The molecule has 2 aromatic carbocycles. The van der Waals surface area contributed by atoms with Crippen LogP contribution in [0.2, 0.25) is 0 Å². The largest absolute Gasteiger partial charge is 0.478 e. The maximum Gasteiger partial charge on any atom is 0.335 e. The molecule has 1 heterocycles. The molecule has 0 bridgehead atoms. The standard InChI is InChI=1S/C17H19NO3/c1-16(2)13-8-10-5-6-11(15(19)20)7-12(10)9-14(13)17(3,4)18(16)21/h5-9,21H,1-4H3,(H,19,20). The molecule has 0 unspecified atom stereocenters. The Morgan fingerprint density at radius 1 is 0.952 bits per heavy atom. The second kappa shape index (κ2) is 4.06. The Morgan fingerprint density at radius 2 is 1.48 bits per heavy atom. The Labute approximate surface area is 123 Å². The molecule has 2 aromatic rings. The summed E-state index contributed by atoms with van der Waals surface area (Å²) in [7, 11) is 0. The second-order valence-electron chi connectivity index (χ2n) is 6.69. The molecule has 3 rings (SSSR count). The Morgan fingerprint density at radius 3 is 2.00 bits per heavy atom. The van der Waals surface area contributed by atoms with Crippen LogP contribution < -0.4 is 0 Å². The zero-order valence-corrected chi connectivity index (χ0v) is 12.6. The minimum Gasteiger partial charge on any atom is -0.478 e. The first-order valence-corrected chi connectivity index (χ1v) is 6.97. The Hall–Kier alpha value is -1.91. The van der Waals surface area contributed by atoms with Crippen molar-refractivity contribution in [3.63, 3.8) is 0 Å². The minimum absolute atomic E-state index is 0.276. The molecule has 0 saturated heterocycles. The fourth-order valence-corrected chi connectivity index (χ4v) is 3.37. The number of carboxylic acid groups (broad SMARTS) is 1. The number of benzene rings is 2. The highest BCUT2D eigenvalue weighted by atomic mass is 16.5. The van der Waals surface area contributed by atoms with Gasteiger partial charge in [0.2, 0.25) is 0 Å². The molecule has 0 aliphatic carbocycles. The summed E-state index contributed by atoms with van der Waals surface area (Å²) in [6.07, 6.45) is 0. The van der Waals surface area contributed by atoms with Crippen LogP contribution >= 0.6 is 0 Å². The zero-order chi connectivity index (χ0) is 15.6. The van der Waals surface area contributed by atoms with Crippen molar-refractivity contribution in [3.8, 4) is 0 Å². The van der Waals surface area contributed by atoms with E-state index in [1.165, 1.54) is 5.06 Å². The lowest BCUT2D eigenvalue weighted by molar-refractivity contribution is -0.216. The molecule has 0 atom stereocenters. The SMILES string of the molecule is CC1(C)c2cc3ccc(C(=O)O)cc3cc2C(C)(C)N1O. The number of aromatic carboxylic acids is 1. The number of fused-ring (bicyclic) bond motifs is 2. The maximum absolute atomic E-state index is 11.1. The molecule has 21 heavy (non-hydrogen) atoms. The van der Waals surface area contributed by atoms with Gasteiger partial charge >= 0.3 is 5.97 Å². The number of hydroxylamine groups is 2. The lowest BCUT2D eigenvalue weighted by atomic mass is 9.88. The first-order chi connectivity index (χ1) is 9.65. The number of hydrogen-bond acceptors (Lipinski definition) is 3. The fraction of sp³-hybridized carbons (Fsp3) is 0.353. The van der Waals surface area contributed by atoms with E-state index >= 15 is 0 Å². The van der Waals surface area contributed by atoms with Crippen molar-refractivity contribution < 1.29 is 15.1 Å². The predicted molar refractivity (Wildman–Crippen MR) is 80.6 cm³/mol. The summed E-state index contributed by atoms with van der Waals surface area (Å²) in [5.74, 6) is -0.930. The quantitative estimate of drug-likeness (QED) is 0.838. The van der Waals surface area contributed by atoms with Crippen LogP contribution in [0.3, 0.4) is 0 Å². The molecular formula is C17H19NO3. The number of carboxylic acids is 1. The van der Waals surface area contributed by atoms with E-state index in [9.17, 15) is 10.0 Å². The van der Waals surface area contributed by atoms with Gasteiger partial charge in [0.05, 0.1) is 16.6 Å². The number of nitrogens with zero attached hydrogens (tertiary/aromatic N) is 1. The third-order valence-electron chi connectivity index (χ3n) is 4.60. The van der Waals surface area contributed by atoms with E-state index in [1.807, 2.05) is 45.9 Å². The van der Waals surface area contributed by atoms with Gasteiger partial charge in [-0.05, 0) is 73.9 Å². The Kier molecular flexibility index (Phi) is 2.71. The van der Waals surface area contributed by atoms with Crippen LogP contribution in [0.5, 0.6) is 0 Å². The van der Waals surface area contributed by atoms with Gasteiger partial charge in [-0.1, -0.05) is 6.07 Å². The molecule has 1 aliphatic rings. The molecule has 1 aliphatic heterocycles. The molecular weight excluding hydrogens is 266 g/mol. The lowest BCUT2D eigenvalue weighted by Gasteiger charge is -2.34. The Bertz CT molecular complexity index is 762. The van der Waals surface area contributed by atoms with Gasteiger partial charge in [-0.15, -0.1) is 0 Å².